The van der Waals surface area contributed by atoms with E-state index in [4.69, 9.17) is 0 Å². The molecule has 0 amide bonds. The second kappa shape index (κ2) is 3.12. The summed E-state index contributed by atoms with van der Waals surface area (Å²) >= 11 is 0. The summed E-state index contributed by atoms with van der Waals surface area (Å²) in [5.41, 5.74) is -1.65. The summed E-state index contributed by atoms with van der Waals surface area (Å²) in [5.74, 6) is 0.0700. The van der Waals surface area contributed by atoms with Crippen molar-refractivity contribution in [1.29, 1.82) is 0 Å². The van der Waals surface area contributed by atoms with Crippen LogP contribution in [0.3, 0.4) is 0 Å². The molecule has 0 saturated carbocycles. The quantitative estimate of drug-likeness (QED) is 0.699. The Bertz CT molecular complexity index is 243. The van der Waals surface area contributed by atoms with Crippen molar-refractivity contribution in [1.82, 2.24) is 9.97 Å². The van der Waals surface area contributed by atoms with E-state index in [1.165, 1.54) is 6.92 Å². The number of nitrogens with zero attached hydrogens (tertiary/aromatic N) is 1. The van der Waals surface area contributed by atoms with Crippen LogP contribution in [0.4, 0.5) is 17.6 Å². The maximum Gasteiger partial charge on any atom is 0.282 e. The molecular formula is C6H6F4N2. The van der Waals surface area contributed by atoms with Crippen molar-refractivity contribution >= 4 is 0 Å². The van der Waals surface area contributed by atoms with Crippen LogP contribution >= 0.6 is 0 Å². The third-order valence-electron chi connectivity index (χ3n) is 1.30. The Kier molecular flexibility index (Phi) is 2.35. The number of hydrogen-bond acceptors (Lipinski definition) is 1. The van der Waals surface area contributed by atoms with Crippen LogP contribution in [0.1, 0.15) is 30.1 Å². The Morgan fingerprint density at radius 3 is 2.08 bits per heavy atom. The van der Waals surface area contributed by atoms with E-state index in [0.29, 0.717) is 0 Å². The van der Waals surface area contributed by atoms with Gasteiger partial charge in [0, 0.05) is 0 Å². The number of hydrogen-bond donors (Lipinski definition) is 1. The molecular weight excluding hydrogens is 176 g/mol. The summed E-state index contributed by atoms with van der Waals surface area (Å²) in [6.45, 7) is 1.34. The molecule has 0 atom stereocenters. The van der Waals surface area contributed by atoms with Crippen LogP contribution in [0.25, 0.3) is 0 Å². The molecule has 0 spiro atoms. The van der Waals surface area contributed by atoms with Gasteiger partial charge in [-0.3, -0.25) is 0 Å². The van der Waals surface area contributed by atoms with Crippen molar-refractivity contribution in [2.24, 2.45) is 0 Å². The molecule has 1 rings (SSSR count). The van der Waals surface area contributed by atoms with Gasteiger partial charge in [-0.1, -0.05) is 0 Å². The number of nitrogens with one attached hydrogen (secondary N) is 1. The minimum atomic E-state index is -2.96. The molecule has 0 bridgehead atoms. The predicted molar refractivity (Wildman–Crippen MR) is 33.2 cm³/mol. The number of halogens is 4. The molecule has 0 aliphatic carbocycles. The van der Waals surface area contributed by atoms with Gasteiger partial charge in [-0.2, -0.15) is 0 Å². The standard InChI is InChI=1S/C6H6F4N2/c1-2-11-3(5(7)8)4(12-2)6(9)10/h5-6H,1H3,(H,11,12). The molecule has 0 unspecified atom stereocenters. The number of aromatic nitrogens is 2. The van der Waals surface area contributed by atoms with E-state index >= 15 is 0 Å². The van der Waals surface area contributed by atoms with Gasteiger partial charge < -0.3 is 4.98 Å². The average Bonchev–Trinajstić information content (AvgIpc) is 2.31. The highest BCUT2D eigenvalue weighted by molar-refractivity contribution is 5.16. The Hall–Kier alpha value is -1.07. The summed E-state index contributed by atoms with van der Waals surface area (Å²) in [6.07, 6.45) is -5.89. The van der Waals surface area contributed by atoms with Crippen LogP contribution in [0.5, 0.6) is 0 Å². The van der Waals surface area contributed by atoms with E-state index in [1.54, 1.807) is 0 Å². The van der Waals surface area contributed by atoms with E-state index in [0.717, 1.165) is 0 Å². The molecule has 1 aromatic rings. The van der Waals surface area contributed by atoms with Crippen molar-refractivity contribution in [2.45, 2.75) is 19.8 Å². The van der Waals surface area contributed by atoms with E-state index in [9.17, 15) is 17.6 Å². The van der Waals surface area contributed by atoms with Gasteiger partial charge in [0.15, 0.2) is 0 Å². The fourth-order valence-electron chi connectivity index (χ4n) is 0.860. The van der Waals surface area contributed by atoms with Gasteiger partial charge in [-0.15, -0.1) is 0 Å². The van der Waals surface area contributed by atoms with Gasteiger partial charge in [0.1, 0.15) is 17.2 Å². The van der Waals surface area contributed by atoms with Crippen LogP contribution in [0, 0.1) is 6.92 Å². The van der Waals surface area contributed by atoms with Crippen LogP contribution in [-0.2, 0) is 0 Å². The lowest BCUT2D eigenvalue weighted by atomic mass is 10.3. The zero-order chi connectivity index (χ0) is 9.30. The first kappa shape index (κ1) is 9.02. The fraction of sp³-hybridized carbons (Fsp3) is 0.500. The molecule has 68 valence electrons. The molecule has 1 N–H and O–H groups in total. The second-order valence-electron chi connectivity index (χ2n) is 2.22. The van der Waals surface area contributed by atoms with Gasteiger partial charge in [0.25, 0.3) is 12.9 Å². The summed E-state index contributed by atoms with van der Waals surface area (Å²) < 4.78 is 48.0. The number of rotatable bonds is 2. The van der Waals surface area contributed by atoms with Crippen molar-refractivity contribution in [3.8, 4) is 0 Å². The molecule has 12 heavy (non-hydrogen) atoms. The molecule has 1 aromatic heterocycles. The maximum atomic E-state index is 12.0. The Morgan fingerprint density at radius 1 is 1.17 bits per heavy atom. The zero-order valence-electron chi connectivity index (χ0n) is 6.11. The summed E-state index contributed by atoms with van der Waals surface area (Å²) in [7, 11) is 0. The predicted octanol–water partition coefficient (Wildman–Crippen LogP) is 2.59. The molecule has 0 radical (unpaired) electrons. The molecule has 0 aliphatic rings. The minimum Gasteiger partial charge on any atom is -0.341 e. The molecule has 6 heteroatoms. The van der Waals surface area contributed by atoms with Gasteiger partial charge in [0.05, 0.1) is 0 Å². The summed E-state index contributed by atoms with van der Waals surface area (Å²) in [5, 5.41) is 0. The topological polar surface area (TPSA) is 28.7 Å². The smallest absolute Gasteiger partial charge is 0.282 e. The van der Waals surface area contributed by atoms with E-state index in [1.807, 2.05) is 0 Å². The number of H-pyrrole nitrogens is 1. The lowest BCUT2D eigenvalue weighted by Gasteiger charge is -1.98. The molecule has 0 fully saturated rings. The van der Waals surface area contributed by atoms with E-state index < -0.39 is 24.2 Å². The summed E-state index contributed by atoms with van der Waals surface area (Å²) in [4.78, 5) is 5.33. The third kappa shape index (κ3) is 1.57. The number of alkyl halides is 4. The maximum absolute atomic E-state index is 12.0. The number of aryl methyl sites for hydroxylation is 1. The minimum absolute atomic E-state index is 0.0700. The van der Waals surface area contributed by atoms with Crippen LogP contribution in [0.2, 0.25) is 0 Å². The SMILES string of the molecule is Cc1nc(C(F)F)c(C(F)F)[nH]1. The Morgan fingerprint density at radius 2 is 1.75 bits per heavy atom. The highest BCUT2D eigenvalue weighted by atomic mass is 19.3. The van der Waals surface area contributed by atoms with Crippen LogP contribution < -0.4 is 0 Å². The van der Waals surface area contributed by atoms with Crippen molar-refractivity contribution in [2.75, 3.05) is 0 Å². The van der Waals surface area contributed by atoms with Gasteiger partial charge in [0.2, 0.25) is 0 Å². The molecule has 0 aliphatic heterocycles. The first-order valence-corrected chi connectivity index (χ1v) is 3.15. The van der Waals surface area contributed by atoms with Crippen molar-refractivity contribution < 1.29 is 17.6 Å². The molecule has 0 saturated heterocycles. The normalized spacial score (nSPS) is 11.6. The van der Waals surface area contributed by atoms with Crippen molar-refractivity contribution in [3.63, 3.8) is 0 Å². The first-order chi connectivity index (χ1) is 5.52. The lowest BCUT2D eigenvalue weighted by Crippen LogP contribution is -1.93. The van der Waals surface area contributed by atoms with Gasteiger partial charge in [-0.05, 0) is 6.92 Å². The van der Waals surface area contributed by atoms with Gasteiger partial charge >= 0.3 is 0 Å². The van der Waals surface area contributed by atoms with E-state index in [2.05, 4.69) is 9.97 Å². The largest absolute Gasteiger partial charge is 0.341 e. The van der Waals surface area contributed by atoms with Gasteiger partial charge in [-0.25, -0.2) is 22.5 Å². The second-order valence-corrected chi connectivity index (χ2v) is 2.22. The highest BCUT2D eigenvalue weighted by Crippen LogP contribution is 2.27. The average molecular weight is 182 g/mol. The third-order valence-corrected chi connectivity index (χ3v) is 1.30. The summed E-state index contributed by atoms with van der Waals surface area (Å²) in [6, 6.07) is 0. The van der Waals surface area contributed by atoms with Crippen LogP contribution in [0.15, 0.2) is 0 Å². The zero-order valence-corrected chi connectivity index (χ0v) is 6.11. The fourth-order valence-corrected chi connectivity index (χ4v) is 0.860. The highest BCUT2D eigenvalue weighted by Gasteiger charge is 2.23. The van der Waals surface area contributed by atoms with E-state index in [-0.39, 0.29) is 5.82 Å². The number of aromatic amines is 1. The Balaban J connectivity index is 3.08. The molecule has 2 nitrogen and oxygen atoms in total. The first-order valence-electron chi connectivity index (χ1n) is 3.15. The monoisotopic (exact) mass is 182 g/mol. The van der Waals surface area contributed by atoms with Crippen molar-refractivity contribution in [3.05, 3.63) is 17.2 Å². The molecule has 1 heterocycles. The van der Waals surface area contributed by atoms with Crippen LogP contribution in [-0.4, -0.2) is 9.97 Å². The Labute approximate surface area is 65.6 Å². The molecule has 0 aromatic carbocycles. The lowest BCUT2D eigenvalue weighted by molar-refractivity contribution is 0.119. The number of imidazole rings is 1.